The normalized spacial score (nSPS) is 12.3. The van der Waals surface area contributed by atoms with Gasteiger partial charge in [-0.3, -0.25) is 10.2 Å². The molecular formula is C19H24N2O5S. The fourth-order valence-electron chi connectivity index (χ4n) is 2.20. The van der Waals surface area contributed by atoms with E-state index >= 15 is 0 Å². The molecule has 8 heteroatoms. The Morgan fingerprint density at radius 3 is 2.26 bits per heavy atom. The van der Waals surface area contributed by atoms with Crippen molar-refractivity contribution in [3.63, 3.8) is 0 Å². The lowest BCUT2D eigenvalue weighted by Gasteiger charge is -2.16. The van der Waals surface area contributed by atoms with Crippen molar-refractivity contribution in [2.75, 3.05) is 6.61 Å². The zero-order chi connectivity index (χ0) is 20.0. The highest BCUT2D eigenvalue weighted by Gasteiger charge is 2.19. The first kappa shape index (κ1) is 20.7. The summed E-state index contributed by atoms with van der Waals surface area (Å²) in [6, 6.07) is 11.5. The van der Waals surface area contributed by atoms with Gasteiger partial charge in [0, 0.05) is 0 Å². The van der Waals surface area contributed by atoms with Gasteiger partial charge in [-0.2, -0.15) is 0 Å². The molecule has 0 radical (unpaired) electrons. The molecule has 0 fully saturated rings. The first-order valence-corrected chi connectivity index (χ1v) is 9.99. The Kier molecular flexibility index (Phi) is 6.81. The van der Waals surface area contributed by atoms with Gasteiger partial charge in [0.2, 0.25) is 0 Å². The van der Waals surface area contributed by atoms with Crippen LogP contribution in [-0.4, -0.2) is 27.0 Å². The second kappa shape index (κ2) is 8.88. The van der Waals surface area contributed by atoms with E-state index in [1.165, 1.54) is 13.0 Å². The topological polar surface area (TPSA) is 93.7 Å². The van der Waals surface area contributed by atoms with Gasteiger partial charge in [-0.15, -0.1) is 4.83 Å². The highest BCUT2D eigenvalue weighted by molar-refractivity contribution is 7.89. The lowest BCUT2D eigenvalue weighted by atomic mass is 10.1. The molecule has 0 aliphatic heterocycles. The maximum absolute atomic E-state index is 12.3. The van der Waals surface area contributed by atoms with Crippen LogP contribution >= 0.6 is 0 Å². The molecule has 2 rings (SSSR count). The third kappa shape index (κ3) is 5.70. The number of sulfonamides is 1. The van der Waals surface area contributed by atoms with Gasteiger partial charge in [-0.25, -0.2) is 8.42 Å². The molecule has 7 nitrogen and oxygen atoms in total. The van der Waals surface area contributed by atoms with Gasteiger partial charge in [-0.1, -0.05) is 6.07 Å². The van der Waals surface area contributed by atoms with E-state index in [4.69, 9.17) is 9.47 Å². The van der Waals surface area contributed by atoms with Crippen molar-refractivity contribution in [3.8, 4) is 11.5 Å². The van der Waals surface area contributed by atoms with Crippen molar-refractivity contribution in [2.45, 2.75) is 38.7 Å². The SMILES string of the molecule is CCOc1ccc(O[C@H](C)C(=O)NNS(=O)(=O)c2ccc(C)c(C)c2)cc1. The Morgan fingerprint density at radius 1 is 1.04 bits per heavy atom. The van der Waals surface area contributed by atoms with Crippen LogP contribution in [0, 0.1) is 13.8 Å². The number of nitrogens with one attached hydrogen (secondary N) is 2. The molecule has 0 spiro atoms. The fraction of sp³-hybridized carbons (Fsp3) is 0.316. The van der Waals surface area contributed by atoms with Crippen LogP contribution in [0.1, 0.15) is 25.0 Å². The summed E-state index contributed by atoms with van der Waals surface area (Å²) in [5, 5.41) is 0. The van der Waals surface area contributed by atoms with Crippen molar-refractivity contribution in [1.29, 1.82) is 0 Å². The number of carbonyl (C=O) groups excluding carboxylic acids is 1. The number of carbonyl (C=O) groups is 1. The van der Waals surface area contributed by atoms with E-state index in [9.17, 15) is 13.2 Å². The molecule has 27 heavy (non-hydrogen) atoms. The highest BCUT2D eigenvalue weighted by atomic mass is 32.2. The van der Waals surface area contributed by atoms with Crippen molar-refractivity contribution >= 4 is 15.9 Å². The van der Waals surface area contributed by atoms with Crippen LogP contribution in [-0.2, 0) is 14.8 Å². The summed E-state index contributed by atoms with van der Waals surface area (Å²) in [5.74, 6) is 0.553. The van der Waals surface area contributed by atoms with Gasteiger partial charge in [0.05, 0.1) is 11.5 Å². The monoisotopic (exact) mass is 392 g/mol. The Morgan fingerprint density at radius 2 is 1.67 bits per heavy atom. The predicted molar refractivity (Wildman–Crippen MR) is 102 cm³/mol. The molecular weight excluding hydrogens is 368 g/mol. The minimum Gasteiger partial charge on any atom is -0.494 e. The second-order valence-corrected chi connectivity index (χ2v) is 7.69. The molecule has 1 atom stereocenters. The van der Waals surface area contributed by atoms with Gasteiger partial charge in [-0.05, 0) is 75.2 Å². The molecule has 0 aromatic heterocycles. The number of hydrazine groups is 1. The van der Waals surface area contributed by atoms with E-state index in [0.717, 1.165) is 11.1 Å². The first-order valence-electron chi connectivity index (χ1n) is 8.51. The van der Waals surface area contributed by atoms with Crippen LogP contribution in [0.25, 0.3) is 0 Å². The lowest BCUT2D eigenvalue weighted by Crippen LogP contribution is -2.47. The summed E-state index contributed by atoms with van der Waals surface area (Å²) in [7, 11) is -3.87. The summed E-state index contributed by atoms with van der Waals surface area (Å²) in [6.07, 6.45) is -0.898. The summed E-state index contributed by atoms with van der Waals surface area (Å²) < 4.78 is 35.4. The zero-order valence-electron chi connectivity index (χ0n) is 15.8. The van der Waals surface area contributed by atoms with Crippen LogP contribution in [0.5, 0.6) is 11.5 Å². The molecule has 2 aromatic carbocycles. The maximum Gasteiger partial charge on any atom is 0.275 e. The Bertz CT molecular complexity index is 895. The third-order valence-corrected chi connectivity index (χ3v) is 5.16. The molecule has 2 N–H and O–H groups in total. The van der Waals surface area contributed by atoms with Gasteiger partial charge >= 0.3 is 0 Å². The van der Waals surface area contributed by atoms with Gasteiger partial charge in [0.1, 0.15) is 11.5 Å². The zero-order valence-corrected chi connectivity index (χ0v) is 16.6. The molecule has 0 aliphatic carbocycles. The van der Waals surface area contributed by atoms with Crippen LogP contribution in [0.2, 0.25) is 0 Å². The van der Waals surface area contributed by atoms with Crippen molar-refractivity contribution in [1.82, 2.24) is 10.3 Å². The molecule has 0 saturated carbocycles. The number of amides is 1. The van der Waals surface area contributed by atoms with E-state index < -0.39 is 22.0 Å². The van der Waals surface area contributed by atoms with Crippen LogP contribution in [0.3, 0.4) is 0 Å². The second-order valence-electron chi connectivity index (χ2n) is 6.01. The van der Waals surface area contributed by atoms with Crippen LogP contribution in [0.4, 0.5) is 0 Å². The van der Waals surface area contributed by atoms with E-state index in [2.05, 4.69) is 10.3 Å². The Hall–Kier alpha value is -2.58. The average Bonchev–Trinajstić information content (AvgIpc) is 2.63. The summed E-state index contributed by atoms with van der Waals surface area (Å²) >= 11 is 0. The van der Waals surface area contributed by atoms with E-state index in [-0.39, 0.29) is 4.90 Å². The third-order valence-electron chi connectivity index (χ3n) is 3.91. The van der Waals surface area contributed by atoms with Crippen molar-refractivity contribution in [2.24, 2.45) is 0 Å². The smallest absolute Gasteiger partial charge is 0.275 e. The molecule has 0 unspecified atom stereocenters. The maximum atomic E-state index is 12.3. The minimum absolute atomic E-state index is 0.0750. The molecule has 2 aromatic rings. The lowest BCUT2D eigenvalue weighted by molar-refractivity contribution is -0.127. The molecule has 146 valence electrons. The largest absolute Gasteiger partial charge is 0.494 e. The Balaban J connectivity index is 1.94. The first-order chi connectivity index (χ1) is 12.7. The molecule has 0 bridgehead atoms. The van der Waals surface area contributed by atoms with Crippen LogP contribution in [0.15, 0.2) is 47.4 Å². The van der Waals surface area contributed by atoms with Gasteiger partial charge in [0.15, 0.2) is 6.10 Å². The van der Waals surface area contributed by atoms with E-state index in [1.54, 1.807) is 36.4 Å². The molecule has 0 saturated heterocycles. The molecule has 0 heterocycles. The number of aryl methyl sites for hydroxylation is 2. The number of hydrogen-bond donors (Lipinski definition) is 2. The van der Waals surface area contributed by atoms with E-state index in [1.807, 2.05) is 20.8 Å². The minimum atomic E-state index is -3.87. The van der Waals surface area contributed by atoms with Crippen molar-refractivity contribution < 1.29 is 22.7 Å². The standard InChI is InChI=1S/C19H24N2O5S/c1-5-25-16-7-9-17(10-8-16)26-15(4)19(22)20-21-27(23,24)18-11-6-13(2)14(3)12-18/h6-12,15,21H,5H2,1-4H3,(H,20,22)/t15-/m1/s1. The number of benzene rings is 2. The average molecular weight is 392 g/mol. The Labute approximate surface area is 159 Å². The summed E-state index contributed by atoms with van der Waals surface area (Å²) in [5.41, 5.74) is 4.01. The fourth-order valence-corrected chi connectivity index (χ4v) is 3.13. The predicted octanol–water partition coefficient (Wildman–Crippen LogP) is 2.48. The van der Waals surface area contributed by atoms with E-state index in [0.29, 0.717) is 18.1 Å². The van der Waals surface area contributed by atoms with Gasteiger partial charge in [0.25, 0.3) is 15.9 Å². The van der Waals surface area contributed by atoms with Gasteiger partial charge < -0.3 is 9.47 Å². The summed E-state index contributed by atoms with van der Waals surface area (Å²) in [6.45, 7) is 7.67. The number of rotatable bonds is 8. The molecule has 1 amide bonds. The number of ether oxygens (including phenoxy) is 2. The van der Waals surface area contributed by atoms with Crippen LogP contribution < -0.4 is 19.7 Å². The highest BCUT2D eigenvalue weighted by Crippen LogP contribution is 2.18. The molecule has 0 aliphatic rings. The number of hydrogen-bond acceptors (Lipinski definition) is 5. The van der Waals surface area contributed by atoms with Crippen molar-refractivity contribution in [3.05, 3.63) is 53.6 Å². The quantitative estimate of drug-likeness (QED) is 0.673. The summed E-state index contributed by atoms with van der Waals surface area (Å²) in [4.78, 5) is 14.3.